The van der Waals surface area contributed by atoms with Gasteiger partial charge in [-0.2, -0.15) is 0 Å². The smallest absolute Gasteiger partial charge is 0.337 e. The molecule has 2 amide bonds. The first-order chi connectivity index (χ1) is 14.7. The molecule has 4 rings (SSSR count). The van der Waals surface area contributed by atoms with Crippen molar-refractivity contribution in [3.05, 3.63) is 42.4 Å². The molecule has 0 aliphatic carbocycles. The lowest BCUT2D eigenvalue weighted by Crippen LogP contribution is -2.50. The van der Waals surface area contributed by atoms with Gasteiger partial charge in [-0.05, 0) is 31.0 Å². The molecule has 9 nitrogen and oxygen atoms in total. The molecule has 2 fully saturated rings. The molecule has 30 heavy (non-hydrogen) atoms. The number of carbonyl (C=O) groups is 2. The Morgan fingerprint density at radius 3 is 2.43 bits per heavy atom. The Hall–Kier alpha value is -3.36. The molecule has 9 heteroatoms. The summed E-state index contributed by atoms with van der Waals surface area (Å²) in [6, 6.07) is 5.16. The second-order valence-electron chi connectivity index (χ2n) is 7.39. The second kappa shape index (κ2) is 8.98. The molecule has 0 bridgehead atoms. The molecule has 1 aromatic heterocycles. The van der Waals surface area contributed by atoms with Crippen LogP contribution < -0.4 is 15.1 Å². The van der Waals surface area contributed by atoms with Crippen molar-refractivity contribution in [3.63, 3.8) is 0 Å². The minimum Gasteiger partial charge on any atom is -0.465 e. The topological polar surface area (TPSA) is 90.9 Å². The van der Waals surface area contributed by atoms with Gasteiger partial charge in [0, 0.05) is 51.7 Å². The van der Waals surface area contributed by atoms with Crippen LogP contribution in [0.1, 0.15) is 23.2 Å². The van der Waals surface area contributed by atoms with E-state index in [0.717, 1.165) is 37.4 Å². The molecule has 3 heterocycles. The molecule has 2 aliphatic rings. The normalized spacial score (nSPS) is 16.5. The molecule has 0 unspecified atom stereocenters. The van der Waals surface area contributed by atoms with Gasteiger partial charge in [0.1, 0.15) is 5.82 Å². The number of hydrogen-bond donors (Lipinski definition) is 1. The number of benzene rings is 1. The first kappa shape index (κ1) is 19.9. The van der Waals surface area contributed by atoms with Gasteiger partial charge < -0.3 is 24.8 Å². The number of carbonyl (C=O) groups excluding carboxylic acids is 2. The van der Waals surface area contributed by atoms with Crippen LogP contribution in [0.4, 0.5) is 22.0 Å². The average Bonchev–Trinajstić information content (AvgIpc) is 3.34. The Kier molecular flexibility index (Phi) is 5.97. The highest BCUT2D eigenvalue weighted by molar-refractivity contribution is 5.97. The zero-order valence-electron chi connectivity index (χ0n) is 17.1. The number of esters is 1. The first-order valence-corrected chi connectivity index (χ1v) is 10.2. The number of ether oxygens (including phenoxy) is 1. The van der Waals surface area contributed by atoms with E-state index in [2.05, 4.69) is 25.1 Å². The standard InChI is InChI=1S/C21H26N6O3/c1-30-20(28)16-4-5-18(25-8-2-3-9-25)17(14-16)24-21(29)27-12-10-26(11-13-27)19-15-22-6-7-23-19/h4-7,14-15H,2-3,8-13H2,1H3,(H,24,29). The molecule has 2 saturated heterocycles. The number of hydrogen-bond acceptors (Lipinski definition) is 7. The number of nitrogens with zero attached hydrogens (tertiary/aromatic N) is 5. The number of aromatic nitrogens is 2. The fourth-order valence-electron chi connectivity index (χ4n) is 3.90. The minimum absolute atomic E-state index is 0.170. The van der Waals surface area contributed by atoms with Crippen molar-refractivity contribution in [1.82, 2.24) is 14.9 Å². The highest BCUT2D eigenvalue weighted by atomic mass is 16.5. The highest BCUT2D eigenvalue weighted by Crippen LogP contribution is 2.30. The predicted molar refractivity (Wildman–Crippen MR) is 114 cm³/mol. The van der Waals surface area contributed by atoms with E-state index in [1.165, 1.54) is 7.11 Å². The van der Waals surface area contributed by atoms with Crippen molar-refractivity contribution >= 4 is 29.2 Å². The van der Waals surface area contributed by atoms with Gasteiger partial charge in [0.25, 0.3) is 0 Å². The Balaban J connectivity index is 1.46. The lowest BCUT2D eigenvalue weighted by molar-refractivity contribution is 0.0600. The highest BCUT2D eigenvalue weighted by Gasteiger charge is 2.24. The summed E-state index contributed by atoms with van der Waals surface area (Å²) in [6.45, 7) is 4.42. The molecule has 158 valence electrons. The van der Waals surface area contributed by atoms with Crippen LogP contribution in [0.2, 0.25) is 0 Å². The Bertz CT molecular complexity index is 893. The van der Waals surface area contributed by atoms with Crippen molar-refractivity contribution in [2.45, 2.75) is 12.8 Å². The zero-order valence-corrected chi connectivity index (χ0v) is 17.1. The van der Waals surface area contributed by atoms with Crippen LogP contribution in [0.5, 0.6) is 0 Å². The monoisotopic (exact) mass is 410 g/mol. The van der Waals surface area contributed by atoms with Crippen molar-refractivity contribution in [1.29, 1.82) is 0 Å². The van der Waals surface area contributed by atoms with Crippen molar-refractivity contribution < 1.29 is 14.3 Å². The first-order valence-electron chi connectivity index (χ1n) is 10.2. The van der Waals surface area contributed by atoms with E-state index in [0.29, 0.717) is 37.4 Å². The van der Waals surface area contributed by atoms with Crippen LogP contribution in [-0.2, 0) is 4.74 Å². The molecule has 0 spiro atoms. The zero-order chi connectivity index (χ0) is 20.9. The molecule has 2 aliphatic heterocycles. The molecule has 0 saturated carbocycles. The van der Waals surface area contributed by atoms with Crippen LogP contribution in [0.3, 0.4) is 0 Å². The van der Waals surface area contributed by atoms with Gasteiger partial charge in [0.2, 0.25) is 0 Å². The van der Waals surface area contributed by atoms with Gasteiger partial charge in [0.05, 0.1) is 30.2 Å². The maximum absolute atomic E-state index is 13.0. The average molecular weight is 410 g/mol. The van der Waals surface area contributed by atoms with E-state index in [4.69, 9.17) is 4.74 Å². The van der Waals surface area contributed by atoms with Crippen LogP contribution in [0.15, 0.2) is 36.8 Å². The van der Waals surface area contributed by atoms with E-state index >= 15 is 0 Å². The molecular formula is C21H26N6O3. The third-order valence-electron chi connectivity index (χ3n) is 5.55. The second-order valence-corrected chi connectivity index (χ2v) is 7.39. The number of urea groups is 1. The molecule has 2 aromatic rings. The molecular weight excluding hydrogens is 384 g/mol. The number of methoxy groups -OCH3 is 1. The van der Waals surface area contributed by atoms with E-state index in [1.54, 1.807) is 35.6 Å². The number of nitrogens with one attached hydrogen (secondary N) is 1. The molecule has 1 aromatic carbocycles. The summed E-state index contributed by atoms with van der Waals surface area (Å²) in [7, 11) is 1.35. The number of piperazine rings is 1. The van der Waals surface area contributed by atoms with E-state index in [9.17, 15) is 9.59 Å². The lowest BCUT2D eigenvalue weighted by Gasteiger charge is -2.35. The van der Waals surface area contributed by atoms with Crippen molar-refractivity contribution in [2.75, 3.05) is 61.5 Å². The van der Waals surface area contributed by atoms with Crippen LogP contribution in [-0.4, -0.2) is 73.2 Å². The van der Waals surface area contributed by atoms with Crippen LogP contribution >= 0.6 is 0 Å². The van der Waals surface area contributed by atoms with Gasteiger partial charge in [-0.1, -0.05) is 0 Å². The predicted octanol–water partition coefficient (Wildman–Crippen LogP) is 2.22. The van der Waals surface area contributed by atoms with Gasteiger partial charge in [-0.3, -0.25) is 4.98 Å². The fraction of sp³-hybridized carbons (Fsp3) is 0.429. The molecule has 0 radical (unpaired) electrons. The van der Waals surface area contributed by atoms with E-state index in [-0.39, 0.29) is 6.03 Å². The van der Waals surface area contributed by atoms with Crippen molar-refractivity contribution in [2.24, 2.45) is 0 Å². The lowest BCUT2D eigenvalue weighted by atomic mass is 10.1. The van der Waals surface area contributed by atoms with E-state index < -0.39 is 5.97 Å². The Morgan fingerprint density at radius 2 is 1.77 bits per heavy atom. The van der Waals surface area contributed by atoms with Crippen molar-refractivity contribution in [3.8, 4) is 0 Å². The SMILES string of the molecule is COC(=O)c1ccc(N2CCCC2)c(NC(=O)N2CCN(c3cnccn3)CC2)c1. The van der Waals surface area contributed by atoms with Gasteiger partial charge in [-0.15, -0.1) is 0 Å². The number of anilines is 3. The third kappa shape index (κ3) is 4.29. The Labute approximate surface area is 175 Å². The number of amides is 2. The summed E-state index contributed by atoms with van der Waals surface area (Å²) in [5, 5.41) is 3.02. The summed E-state index contributed by atoms with van der Waals surface area (Å²) in [5.74, 6) is 0.399. The largest absolute Gasteiger partial charge is 0.465 e. The van der Waals surface area contributed by atoms with Gasteiger partial charge in [0.15, 0.2) is 0 Å². The summed E-state index contributed by atoms with van der Waals surface area (Å²) < 4.78 is 4.84. The Morgan fingerprint density at radius 1 is 1.00 bits per heavy atom. The fourth-order valence-corrected chi connectivity index (χ4v) is 3.90. The third-order valence-corrected chi connectivity index (χ3v) is 5.55. The van der Waals surface area contributed by atoms with Gasteiger partial charge >= 0.3 is 12.0 Å². The summed E-state index contributed by atoms with van der Waals surface area (Å²) in [5.41, 5.74) is 2.00. The van der Waals surface area contributed by atoms with Gasteiger partial charge in [-0.25, -0.2) is 14.6 Å². The minimum atomic E-state index is -0.420. The molecule has 1 N–H and O–H groups in total. The van der Waals surface area contributed by atoms with Crippen LogP contribution in [0, 0.1) is 0 Å². The quantitative estimate of drug-likeness (QED) is 0.773. The summed E-state index contributed by atoms with van der Waals surface area (Å²) in [4.78, 5) is 39.5. The summed E-state index contributed by atoms with van der Waals surface area (Å²) in [6.07, 6.45) is 7.29. The molecule has 0 atom stereocenters. The van der Waals surface area contributed by atoms with E-state index in [1.807, 2.05) is 6.07 Å². The van der Waals surface area contributed by atoms with Crippen LogP contribution in [0.25, 0.3) is 0 Å². The maximum Gasteiger partial charge on any atom is 0.337 e. The summed E-state index contributed by atoms with van der Waals surface area (Å²) >= 11 is 0. The maximum atomic E-state index is 13.0. The number of rotatable bonds is 4.